The van der Waals surface area contributed by atoms with Gasteiger partial charge in [-0.1, -0.05) is 6.07 Å². The predicted octanol–water partition coefficient (Wildman–Crippen LogP) is 3.93. The van der Waals surface area contributed by atoms with E-state index in [9.17, 15) is 32.5 Å². The van der Waals surface area contributed by atoms with Gasteiger partial charge in [0.1, 0.15) is 16.5 Å². The standard InChI is InChI=1S/C22H16FNO8S/c1-14(21(25)15-5-9-17(23)10-6-15)31-22(26)16-7-11-19(12-8-16)32-33(29,30)20-4-2-3-18(13-20)24(27)28/h2-14H,1H3. The highest BCUT2D eigenvalue weighted by atomic mass is 32.2. The van der Waals surface area contributed by atoms with Crippen molar-refractivity contribution in [2.45, 2.75) is 17.9 Å². The topological polar surface area (TPSA) is 130 Å². The predicted molar refractivity (Wildman–Crippen MR) is 113 cm³/mol. The summed E-state index contributed by atoms with van der Waals surface area (Å²) < 4.78 is 47.8. The number of non-ortho nitro benzene ring substituents is 1. The molecular formula is C22H16FNO8S. The van der Waals surface area contributed by atoms with Gasteiger partial charge >= 0.3 is 16.1 Å². The van der Waals surface area contributed by atoms with Crippen molar-refractivity contribution in [2.75, 3.05) is 0 Å². The normalized spacial score (nSPS) is 11.9. The largest absolute Gasteiger partial charge is 0.451 e. The molecule has 0 spiro atoms. The van der Waals surface area contributed by atoms with Crippen LogP contribution in [0.2, 0.25) is 0 Å². The SMILES string of the molecule is CC(OC(=O)c1ccc(OS(=O)(=O)c2cccc([N+](=O)[O-])c2)cc1)C(=O)c1ccc(F)cc1. The Kier molecular flexibility index (Phi) is 6.83. The molecule has 3 aromatic rings. The number of nitro groups is 1. The van der Waals surface area contributed by atoms with Crippen LogP contribution >= 0.6 is 0 Å². The molecule has 0 aromatic heterocycles. The van der Waals surface area contributed by atoms with E-state index in [1.807, 2.05) is 0 Å². The highest BCUT2D eigenvalue weighted by molar-refractivity contribution is 7.87. The third-order valence-electron chi connectivity index (χ3n) is 4.39. The van der Waals surface area contributed by atoms with Gasteiger partial charge in [-0.15, -0.1) is 0 Å². The Morgan fingerprint density at radius 1 is 0.970 bits per heavy atom. The van der Waals surface area contributed by atoms with Crippen molar-refractivity contribution in [1.29, 1.82) is 0 Å². The lowest BCUT2D eigenvalue weighted by Gasteiger charge is -2.13. The lowest BCUT2D eigenvalue weighted by molar-refractivity contribution is -0.385. The van der Waals surface area contributed by atoms with Crippen molar-refractivity contribution in [1.82, 2.24) is 0 Å². The van der Waals surface area contributed by atoms with Crippen LogP contribution in [0.15, 0.2) is 77.7 Å². The van der Waals surface area contributed by atoms with Gasteiger partial charge in [0.2, 0.25) is 5.78 Å². The van der Waals surface area contributed by atoms with E-state index >= 15 is 0 Å². The van der Waals surface area contributed by atoms with Gasteiger partial charge in [-0.05, 0) is 61.5 Å². The minimum absolute atomic E-state index is 0.0221. The zero-order valence-electron chi connectivity index (χ0n) is 17.0. The van der Waals surface area contributed by atoms with E-state index in [2.05, 4.69) is 0 Å². The first-order valence-electron chi connectivity index (χ1n) is 9.36. The summed E-state index contributed by atoms with van der Waals surface area (Å²) in [5.41, 5.74) is -0.220. The number of carbonyl (C=O) groups is 2. The number of esters is 1. The van der Waals surface area contributed by atoms with Gasteiger partial charge in [0, 0.05) is 17.7 Å². The number of halogens is 1. The van der Waals surface area contributed by atoms with Crippen LogP contribution in [0, 0.1) is 15.9 Å². The van der Waals surface area contributed by atoms with E-state index < -0.39 is 49.3 Å². The zero-order valence-corrected chi connectivity index (χ0v) is 17.8. The van der Waals surface area contributed by atoms with Crippen LogP contribution in [0.3, 0.4) is 0 Å². The summed E-state index contributed by atoms with van der Waals surface area (Å²) in [6, 6.07) is 14.0. The van der Waals surface area contributed by atoms with Crippen LogP contribution in [0.25, 0.3) is 0 Å². The summed E-state index contributed by atoms with van der Waals surface area (Å²) in [5.74, 6) is -2.02. The zero-order chi connectivity index (χ0) is 24.2. The first-order valence-corrected chi connectivity index (χ1v) is 10.8. The average molecular weight is 473 g/mol. The van der Waals surface area contributed by atoms with Crippen molar-refractivity contribution in [3.05, 3.63) is 99.9 Å². The Bertz CT molecular complexity index is 1300. The van der Waals surface area contributed by atoms with Crippen LogP contribution in [0.1, 0.15) is 27.6 Å². The van der Waals surface area contributed by atoms with Crippen molar-refractivity contribution >= 4 is 27.6 Å². The lowest BCUT2D eigenvalue weighted by Crippen LogP contribution is -2.24. The molecule has 1 atom stereocenters. The van der Waals surface area contributed by atoms with Crippen LogP contribution in [-0.2, 0) is 14.9 Å². The van der Waals surface area contributed by atoms with Crippen molar-refractivity contribution < 1.29 is 36.2 Å². The fraction of sp³-hybridized carbons (Fsp3) is 0.0909. The molecule has 0 saturated heterocycles. The van der Waals surface area contributed by atoms with Crippen LogP contribution in [0.5, 0.6) is 5.75 Å². The van der Waals surface area contributed by atoms with E-state index in [1.54, 1.807) is 0 Å². The van der Waals surface area contributed by atoms with Gasteiger partial charge in [0.25, 0.3) is 5.69 Å². The van der Waals surface area contributed by atoms with Crippen molar-refractivity contribution in [3.8, 4) is 5.75 Å². The minimum Gasteiger partial charge on any atom is -0.451 e. The molecule has 0 N–H and O–H groups in total. The first kappa shape index (κ1) is 23.5. The van der Waals surface area contributed by atoms with Gasteiger partial charge in [0.15, 0.2) is 6.10 Å². The Hall–Kier alpha value is -4.12. The molecular weight excluding hydrogens is 457 g/mol. The fourth-order valence-corrected chi connectivity index (χ4v) is 3.68. The molecule has 0 saturated carbocycles. The summed E-state index contributed by atoms with van der Waals surface area (Å²) in [5, 5.41) is 10.8. The number of ketones is 1. The molecule has 0 radical (unpaired) electrons. The molecule has 170 valence electrons. The van der Waals surface area contributed by atoms with Crippen LogP contribution < -0.4 is 4.18 Å². The number of Topliss-reactive ketones (excluding diaryl/α,β-unsaturated/α-hetero) is 1. The van der Waals surface area contributed by atoms with E-state index in [1.165, 1.54) is 49.4 Å². The third-order valence-corrected chi connectivity index (χ3v) is 5.64. The van der Waals surface area contributed by atoms with Crippen molar-refractivity contribution in [2.24, 2.45) is 0 Å². The van der Waals surface area contributed by atoms with Gasteiger partial charge in [-0.3, -0.25) is 14.9 Å². The highest BCUT2D eigenvalue weighted by Crippen LogP contribution is 2.23. The number of hydrogen-bond donors (Lipinski definition) is 0. The molecule has 3 rings (SSSR count). The molecule has 0 aliphatic rings. The molecule has 0 aliphatic carbocycles. The Morgan fingerprint density at radius 3 is 2.18 bits per heavy atom. The van der Waals surface area contributed by atoms with Gasteiger partial charge in [-0.2, -0.15) is 8.42 Å². The summed E-state index contributed by atoms with van der Waals surface area (Å²) in [6.07, 6.45) is -1.15. The molecule has 0 bridgehead atoms. The summed E-state index contributed by atoms with van der Waals surface area (Å²) in [4.78, 5) is 34.3. The monoisotopic (exact) mass is 473 g/mol. The molecule has 0 fully saturated rings. The Labute approximate surface area is 187 Å². The Balaban J connectivity index is 1.67. The Morgan fingerprint density at radius 2 is 1.58 bits per heavy atom. The first-order chi connectivity index (χ1) is 15.6. The number of benzene rings is 3. The number of rotatable bonds is 8. The lowest BCUT2D eigenvalue weighted by atomic mass is 10.1. The van der Waals surface area contributed by atoms with E-state index in [-0.39, 0.29) is 16.9 Å². The highest BCUT2D eigenvalue weighted by Gasteiger charge is 2.22. The maximum atomic E-state index is 13.0. The molecule has 1 unspecified atom stereocenters. The number of hydrogen-bond acceptors (Lipinski definition) is 8. The molecule has 33 heavy (non-hydrogen) atoms. The number of ether oxygens (including phenoxy) is 1. The quantitative estimate of drug-likeness (QED) is 0.158. The smallest absolute Gasteiger partial charge is 0.339 e. The van der Waals surface area contributed by atoms with Crippen molar-refractivity contribution in [3.63, 3.8) is 0 Å². The van der Waals surface area contributed by atoms with E-state index in [0.29, 0.717) is 0 Å². The van der Waals surface area contributed by atoms with Crippen LogP contribution in [0.4, 0.5) is 10.1 Å². The summed E-state index contributed by atoms with van der Waals surface area (Å²) in [7, 11) is -4.36. The fourth-order valence-electron chi connectivity index (χ4n) is 2.70. The van der Waals surface area contributed by atoms with Gasteiger partial charge in [0.05, 0.1) is 10.5 Å². The molecule has 0 aliphatic heterocycles. The molecule has 0 amide bonds. The minimum atomic E-state index is -4.36. The average Bonchev–Trinajstić information content (AvgIpc) is 2.79. The maximum Gasteiger partial charge on any atom is 0.339 e. The number of nitro benzene ring substituents is 1. The van der Waals surface area contributed by atoms with Crippen LogP contribution in [-0.4, -0.2) is 31.2 Å². The summed E-state index contributed by atoms with van der Waals surface area (Å²) in [6.45, 7) is 1.37. The second-order valence-electron chi connectivity index (χ2n) is 6.73. The molecule has 9 nitrogen and oxygen atoms in total. The maximum absolute atomic E-state index is 13.0. The van der Waals surface area contributed by atoms with Gasteiger partial charge < -0.3 is 8.92 Å². The van der Waals surface area contributed by atoms with E-state index in [4.69, 9.17) is 8.92 Å². The number of carbonyl (C=O) groups excluding carboxylic acids is 2. The molecule has 3 aromatic carbocycles. The second kappa shape index (κ2) is 9.57. The van der Waals surface area contributed by atoms with E-state index in [0.717, 1.165) is 30.3 Å². The van der Waals surface area contributed by atoms with Gasteiger partial charge in [-0.25, -0.2) is 9.18 Å². The second-order valence-corrected chi connectivity index (χ2v) is 8.28. The summed E-state index contributed by atoms with van der Waals surface area (Å²) >= 11 is 0. The third kappa shape index (κ3) is 5.77. The molecule has 0 heterocycles. The molecule has 11 heteroatoms. The number of nitrogens with zero attached hydrogens (tertiary/aromatic N) is 1.